The van der Waals surface area contributed by atoms with Gasteiger partial charge >= 0.3 is 0 Å². The molecule has 0 amide bonds. The molecule has 0 aliphatic heterocycles. The first-order valence-electron chi connectivity index (χ1n) is 4.47. The summed E-state index contributed by atoms with van der Waals surface area (Å²) in [4.78, 5) is 4.15. The molecule has 1 heterocycles. The van der Waals surface area contributed by atoms with Crippen molar-refractivity contribution < 1.29 is 4.39 Å². The molecule has 15 heavy (non-hydrogen) atoms. The Morgan fingerprint density at radius 1 is 1.27 bits per heavy atom. The maximum atomic E-state index is 12.8. The number of halogens is 2. The zero-order valence-electron chi connectivity index (χ0n) is 8.09. The minimum atomic E-state index is -0.455. The number of benzene rings is 1. The van der Waals surface area contributed by atoms with Gasteiger partial charge in [0.2, 0.25) is 0 Å². The van der Waals surface area contributed by atoms with Crippen LogP contribution in [-0.4, -0.2) is 4.98 Å². The van der Waals surface area contributed by atoms with Crippen LogP contribution in [0.15, 0.2) is 30.5 Å². The molecule has 0 unspecified atom stereocenters. The molecule has 2 rings (SSSR count). The fraction of sp³-hybridized carbons (Fsp3) is 0.0833. The Morgan fingerprint density at radius 3 is 2.67 bits per heavy atom. The van der Waals surface area contributed by atoms with E-state index >= 15 is 0 Å². The molecule has 1 radical (unpaired) electrons. The maximum Gasteiger partial charge on any atom is 0.132 e. The van der Waals surface area contributed by atoms with Gasteiger partial charge in [-0.1, -0.05) is 17.7 Å². The van der Waals surface area contributed by atoms with Crippen LogP contribution in [0, 0.1) is 18.8 Å². The molecule has 0 spiro atoms. The molecule has 1 nitrogen and oxygen atoms in total. The zero-order valence-corrected chi connectivity index (χ0v) is 8.85. The molecule has 3 heteroatoms. The largest absolute Gasteiger partial charge is 0.261 e. The third kappa shape index (κ3) is 2.16. The Kier molecular flexibility index (Phi) is 2.69. The molecule has 0 aliphatic rings. The Balaban J connectivity index is 2.49. The smallest absolute Gasteiger partial charge is 0.132 e. The van der Waals surface area contributed by atoms with E-state index in [2.05, 4.69) is 11.1 Å². The molecule has 0 saturated carbocycles. The second-order valence-corrected chi connectivity index (χ2v) is 3.60. The molecule has 0 saturated heterocycles. The van der Waals surface area contributed by atoms with Gasteiger partial charge in [-0.2, -0.15) is 0 Å². The number of hydrogen-bond acceptors (Lipinski definition) is 1. The van der Waals surface area contributed by atoms with Crippen LogP contribution in [0.25, 0.3) is 11.1 Å². The summed E-state index contributed by atoms with van der Waals surface area (Å²) in [7, 11) is 0. The van der Waals surface area contributed by atoms with Crippen LogP contribution < -0.4 is 0 Å². The van der Waals surface area contributed by atoms with Crippen molar-refractivity contribution in [1.29, 1.82) is 0 Å². The van der Waals surface area contributed by atoms with Crippen LogP contribution in [-0.2, 0) is 0 Å². The number of aromatic nitrogens is 1. The fourth-order valence-corrected chi connectivity index (χ4v) is 1.56. The molecule has 1 aromatic heterocycles. The van der Waals surface area contributed by atoms with Gasteiger partial charge in [0, 0.05) is 29.1 Å². The normalized spacial score (nSPS) is 10.3. The monoisotopic (exact) mass is 220 g/mol. The Bertz CT molecular complexity index is 479. The molecule has 75 valence electrons. The van der Waals surface area contributed by atoms with E-state index in [1.165, 1.54) is 6.07 Å². The van der Waals surface area contributed by atoms with Crippen LogP contribution in [0.1, 0.15) is 5.69 Å². The first kappa shape index (κ1) is 10.1. The highest BCUT2D eigenvalue weighted by atomic mass is 35.5. The third-order valence-electron chi connectivity index (χ3n) is 2.08. The summed E-state index contributed by atoms with van der Waals surface area (Å²) in [6, 6.07) is 9.16. The van der Waals surface area contributed by atoms with Crippen LogP contribution in [0.4, 0.5) is 4.39 Å². The highest BCUT2D eigenvalue weighted by Gasteiger charge is 2.05. The topological polar surface area (TPSA) is 12.9 Å². The van der Waals surface area contributed by atoms with Gasteiger partial charge in [0.1, 0.15) is 5.82 Å². The van der Waals surface area contributed by atoms with Crippen LogP contribution in [0.3, 0.4) is 0 Å². The van der Waals surface area contributed by atoms with Gasteiger partial charge in [-0.05, 0) is 25.1 Å². The lowest BCUT2D eigenvalue weighted by molar-refractivity contribution is 0.626. The molecule has 1 aromatic carbocycles. The average molecular weight is 221 g/mol. The number of aryl methyl sites for hydroxylation is 1. The van der Waals surface area contributed by atoms with Gasteiger partial charge in [0.25, 0.3) is 0 Å². The lowest BCUT2D eigenvalue weighted by atomic mass is 10.1. The second kappa shape index (κ2) is 3.99. The van der Waals surface area contributed by atoms with Crippen molar-refractivity contribution in [3.63, 3.8) is 0 Å². The van der Waals surface area contributed by atoms with Crippen molar-refractivity contribution in [2.24, 2.45) is 0 Å². The van der Waals surface area contributed by atoms with Crippen molar-refractivity contribution >= 4 is 11.6 Å². The van der Waals surface area contributed by atoms with Crippen LogP contribution in [0.5, 0.6) is 0 Å². The molecule has 0 fully saturated rings. The van der Waals surface area contributed by atoms with E-state index in [4.69, 9.17) is 11.6 Å². The lowest BCUT2D eigenvalue weighted by Gasteiger charge is -2.03. The fourth-order valence-electron chi connectivity index (χ4n) is 1.29. The van der Waals surface area contributed by atoms with Gasteiger partial charge in [-0.25, -0.2) is 4.39 Å². The Labute approximate surface area is 92.5 Å². The molecule has 0 N–H and O–H groups in total. The first-order valence-corrected chi connectivity index (χ1v) is 4.85. The highest BCUT2D eigenvalue weighted by Crippen LogP contribution is 2.27. The van der Waals surface area contributed by atoms with Crippen molar-refractivity contribution in [3.8, 4) is 11.1 Å². The SMILES string of the molecule is Cc1ccc(-c2ccc(F)[c]c2Cl)cn1. The molecule has 2 aromatic rings. The standard InChI is InChI=1S/C12H8ClFN/c1-8-2-3-9(7-15-8)11-5-4-10(14)6-12(11)13/h2-5,7H,1H3. The number of rotatable bonds is 1. The van der Waals surface area contributed by atoms with Gasteiger partial charge in [0.05, 0.1) is 5.02 Å². The van der Waals surface area contributed by atoms with Gasteiger partial charge in [-0.15, -0.1) is 0 Å². The van der Waals surface area contributed by atoms with Gasteiger partial charge < -0.3 is 0 Å². The summed E-state index contributed by atoms with van der Waals surface area (Å²) >= 11 is 5.88. The van der Waals surface area contributed by atoms with Crippen LogP contribution >= 0.6 is 11.6 Å². The molecular formula is C12H8ClFN. The summed E-state index contributed by atoms with van der Waals surface area (Å²) in [5.41, 5.74) is 2.54. The van der Waals surface area contributed by atoms with E-state index in [9.17, 15) is 4.39 Å². The molecule has 0 bridgehead atoms. The summed E-state index contributed by atoms with van der Waals surface area (Å²) in [5.74, 6) is -0.455. The summed E-state index contributed by atoms with van der Waals surface area (Å²) in [6.45, 7) is 1.90. The average Bonchev–Trinajstić information content (AvgIpc) is 2.20. The van der Waals surface area contributed by atoms with E-state index in [1.807, 2.05) is 19.1 Å². The highest BCUT2D eigenvalue weighted by molar-refractivity contribution is 6.33. The Morgan fingerprint density at radius 2 is 2.07 bits per heavy atom. The van der Waals surface area contributed by atoms with E-state index < -0.39 is 5.82 Å². The van der Waals surface area contributed by atoms with E-state index in [-0.39, 0.29) is 5.02 Å². The van der Waals surface area contributed by atoms with Gasteiger partial charge in [0.15, 0.2) is 0 Å². The first-order chi connectivity index (χ1) is 7.16. The number of nitrogens with zero attached hydrogens (tertiary/aromatic N) is 1. The maximum absolute atomic E-state index is 12.8. The minimum absolute atomic E-state index is 0.278. The molecular weight excluding hydrogens is 213 g/mol. The summed E-state index contributed by atoms with van der Waals surface area (Å²) < 4.78 is 12.8. The van der Waals surface area contributed by atoms with Crippen molar-refractivity contribution in [1.82, 2.24) is 4.98 Å². The minimum Gasteiger partial charge on any atom is -0.261 e. The molecule has 0 atom stereocenters. The quantitative estimate of drug-likeness (QED) is 0.715. The Hall–Kier alpha value is -1.41. The summed E-state index contributed by atoms with van der Waals surface area (Å²) in [6.07, 6.45) is 1.71. The van der Waals surface area contributed by atoms with E-state index in [0.29, 0.717) is 0 Å². The lowest BCUT2D eigenvalue weighted by Crippen LogP contribution is -1.85. The zero-order chi connectivity index (χ0) is 10.8. The number of pyridine rings is 1. The second-order valence-electron chi connectivity index (χ2n) is 3.22. The predicted molar refractivity (Wildman–Crippen MR) is 58.2 cm³/mol. The van der Waals surface area contributed by atoms with Crippen molar-refractivity contribution in [2.45, 2.75) is 6.92 Å². The number of hydrogen-bond donors (Lipinski definition) is 0. The third-order valence-corrected chi connectivity index (χ3v) is 2.38. The van der Waals surface area contributed by atoms with Crippen LogP contribution in [0.2, 0.25) is 5.02 Å². The van der Waals surface area contributed by atoms with Crippen molar-refractivity contribution in [2.75, 3.05) is 0 Å². The van der Waals surface area contributed by atoms with E-state index in [1.54, 1.807) is 12.3 Å². The summed E-state index contributed by atoms with van der Waals surface area (Å²) in [5, 5.41) is 0.278. The van der Waals surface area contributed by atoms with E-state index in [0.717, 1.165) is 16.8 Å². The van der Waals surface area contributed by atoms with Crippen molar-refractivity contribution in [3.05, 3.63) is 53.1 Å². The predicted octanol–water partition coefficient (Wildman–Crippen LogP) is 3.65. The molecule has 0 aliphatic carbocycles. The van der Waals surface area contributed by atoms with Gasteiger partial charge in [-0.3, -0.25) is 4.98 Å².